The standard InChI is InChI=1S/C18H19BrN2O/c19-15-5-4-14(18(22)12-15)13-20-16-6-8-17(9-7-16)21-10-2-1-3-11-21/h4-9,12-13,22H,1-3,10-11H2. The van der Waals surface area contributed by atoms with E-state index in [1.165, 1.54) is 24.9 Å². The maximum Gasteiger partial charge on any atom is 0.125 e. The van der Waals surface area contributed by atoms with E-state index in [2.05, 4.69) is 38.0 Å². The third-order valence-electron chi connectivity index (χ3n) is 3.92. The van der Waals surface area contributed by atoms with E-state index in [4.69, 9.17) is 0 Å². The van der Waals surface area contributed by atoms with Gasteiger partial charge in [0.2, 0.25) is 0 Å². The zero-order chi connectivity index (χ0) is 15.4. The van der Waals surface area contributed by atoms with E-state index >= 15 is 0 Å². The molecular formula is C18H19BrN2O. The van der Waals surface area contributed by atoms with E-state index in [0.29, 0.717) is 5.56 Å². The van der Waals surface area contributed by atoms with Crippen molar-refractivity contribution in [3.63, 3.8) is 0 Å². The average Bonchev–Trinajstić information content (AvgIpc) is 2.55. The van der Waals surface area contributed by atoms with Crippen LogP contribution in [0.4, 0.5) is 11.4 Å². The Morgan fingerprint density at radius 2 is 1.73 bits per heavy atom. The summed E-state index contributed by atoms with van der Waals surface area (Å²) in [6.45, 7) is 2.30. The molecule has 1 N–H and O–H groups in total. The fourth-order valence-corrected chi connectivity index (χ4v) is 3.02. The molecule has 0 amide bonds. The summed E-state index contributed by atoms with van der Waals surface area (Å²) in [6.07, 6.45) is 5.60. The van der Waals surface area contributed by atoms with Crippen LogP contribution in [0.5, 0.6) is 5.75 Å². The molecular weight excluding hydrogens is 340 g/mol. The van der Waals surface area contributed by atoms with Crippen molar-refractivity contribution in [2.24, 2.45) is 4.99 Å². The quantitative estimate of drug-likeness (QED) is 0.792. The van der Waals surface area contributed by atoms with Crippen LogP contribution in [0.15, 0.2) is 51.9 Å². The number of anilines is 1. The first-order valence-corrected chi connectivity index (χ1v) is 8.39. The van der Waals surface area contributed by atoms with Gasteiger partial charge in [-0.25, -0.2) is 0 Å². The number of phenolic OH excluding ortho intramolecular Hbond substituents is 1. The third kappa shape index (κ3) is 3.69. The van der Waals surface area contributed by atoms with Crippen LogP contribution in [0.25, 0.3) is 0 Å². The average molecular weight is 359 g/mol. The van der Waals surface area contributed by atoms with E-state index in [-0.39, 0.29) is 5.75 Å². The van der Waals surface area contributed by atoms with Gasteiger partial charge < -0.3 is 10.0 Å². The summed E-state index contributed by atoms with van der Waals surface area (Å²) in [7, 11) is 0. The number of nitrogens with zero attached hydrogens (tertiary/aromatic N) is 2. The largest absolute Gasteiger partial charge is 0.507 e. The lowest BCUT2D eigenvalue weighted by molar-refractivity contribution is 0.474. The number of piperidine rings is 1. The van der Waals surface area contributed by atoms with Crippen LogP contribution in [0.2, 0.25) is 0 Å². The first-order chi connectivity index (χ1) is 10.7. The molecule has 0 saturated carbocycles. The molecule has 1 heterocycles. The van der Waals surface area contributed by atoms with Gasteiger partial charge in [-0.1, -0.05) is 15.9 Å². The van der Waals surface area contributed by atoms with Crippen molar-refractivity contribution in [3.8, 4) is 5.75 Å². The molecule has 2 aromatic rings. The van der Waals surface area contributed by atoms with Crippen LogP contribution in [0, 0.1) is 0 Å². The van der Waals surface area contributed by atoms with Crippen molar-refractivity contribution in [3.05, 3.63) is 52.5 Å². The molecule has 1 fully saturated rings. The Bertz CT molecular complexity index is 661. The molecule has 2 aromatic carbocycles. The Labute approximate surface area is 139 Å². The summed E-state index contributed by atoms with van der Waals surface area (Å²) in [5.41, 5.74) is 2.87. The predicted octanol–water partition coefficient (Wildman–Crippen LogP) is 4.90. The van der Waals surface area contributed by atoms with Gasteiger partial charge in [-0.15, -0.1) is 0 Å². The van der Waals surface area contributed by atoms with Crippen molar-refractivity contribution in [1.82, 2.24) is 0 Å². The van der Waals surface area contributed by atoms with Gasteiger partial charge in [-0.3, -0.25) is 4.99 Å². The van der Waals surface area contributed by atoms with Gasteiger partial charge in [0.25, 0.3) is 0 Å². The fraction of sp³-hybridized carbons (Fsp3) is 0.278. The number of benzene rings is 2. The van der Waals surface area contributed by atoms with E-state index in [0.717, 1.165) is 23.2 Å². The van der Waals surface area contributed by atoms with Crippen molar-refractivity contribution in [1.29, 1.82) is 0 Å². The smallest absolute Gasteiger partial charge is 0.125 e. The lowest BCUT2D eigenvalue weighted by Gasteiger charge is -2.28. The number of hydrogen-bond acceptors (Lipinski definition) is 3. The van der Waals surface area contributed by atoms with Crippen LogP contribution in [-0.4, -0.2) is 24.4 Å². The third-order valence-corrected chi connectivity index (χ3v) is 4.41. The zero-order valence-corrected chi connectivity index (χ0v) is 14.0. The van der Waals surface area contributed by atoms with Crippen LogP contribution in [-0.2, 0) is 0 Å². The lowest BCUT2D eigenvalue weighted by Crippen LogP contribution is -2.29. The van der Waals surface area contributed by atoms with Gasteiger partial charge >= 0.3 is 0 Å². The number of phenols is 1. The van der Waals surface area contributed by atoms with Crippen LogP contribution >= 0.6 is 15.9 Å². The Morgan fingerprint density at radius 1 is 1.00 bits per heavy atom. The molecule has 0 spiro atoms. The predicted molar refractivity (Wildman–Crippen MR) is 95.6 cm³/mol. The number of halogens is 1. The Balaban J connectivity index is 1.71. The number of rotatable bonds is 3. The van der Waals surface area contributed by atoms with Gasteiger partial charge in [0.05, 0.1) is 5.69 Å². The molecule has 4 heteroatoms. The van der Waals surface area contributed by atoms with Gasteiger partial charge in [0.1, 0.15) is 5.75 Å². The van der Waals surface area contributed by atoms with Gasteiger partial charge in [0.15, 0.2) is 0 Å². The van der Waals surface area contributed by atoms with Crippen molar-refractivity contribution >= 4 is 33.5 Å². The number of aromatic hydroxyl groups is 1. The number of aliphatic imine (C=N–C) groups is 1. The molecule has 3 nitrogen and oxygen atoms in total. The van der Waals surface area contributed by atoms with E-state index in [1.54, 1.807) is 12.3 Å². The second-order valence-corrected chi connectivity index (χ2v) is 6.44. The Kier molecular flexibility index (Phi) is 4.78. The second kappa shape index (κ2) is 6.97. The van der Waals surface area contributed by atoms with Crippen LogP contribution in [0.3, 0.4) is 0 Å². The maximum atomic E-state index is 9.86. The summed E-state index contributed by atoms with van der Waals surface area (Å²) < 4.78 is 0.855. The van der Waals surface area contributed by atoms with Gasteiger partial charge in [0, 0.05) is 35.0 Å². The summed E-state index contributed by atoms with van der Waals surface area (Å²) in [6, 6.07) is 13.7. The molecule has 0 aromatic heterocycles. The van der Waals surface area contributed by atoms with Gasteiger partial charge in [-0.2, -0.15) is 0 Å². The molecule has 1 saturated heterocycles. The molecule has 1 aliphatic heterocycles. The topological polar surface area (TPSA) is 35.8 Å². The highest BCUT2D eigenvalue weighted by Crippen LogP contribution is 2.24. The minimum atomic E-state index is 0.225. The molecule has 22 heavy (non-hydrogen) atoms. The summed E-state index contributed by atoms with van der Waals surface area (Å²) in [5.74, 6) is 0.225. The Morgan fingerprint density at radius 3 is 2.41 bits per heavy atom. The van der Waals surface area contributed by atoms with E-state index < -0.39 is 0 Å². The lowest BCUT2D eigenvalue weighted by atomic mass is 10.1. The highest BCUT2D eigenvalue weighted by atomic mass is 79.9. The Hall–Kier alpha value is -1.81. The SMILES string of the molecule is Oc1cc(Br)ccc1C=Nc1ccc(N2CCCCC2)cc1. The first-order valence-electron chi connectivity index (χ1n) is 7.60. The highest BCUT2D eigenvalue weighted by Gasteiger charge is 2.10. The monoisotopic (exact) mass is 358 g/mol. The number of hydrogen-bond donors (Lipinski definition) is 1. The normalized spacial score (nSPS) is 15.4. The first kappa shape index (κ1) is 15.1. The van der Waals surface area contributed by atoms with Gasteiger partial charge in [-0.05, 0) is 61.7 Å². The molecule has 0 bridgehead atoms. The van der Waals surface area contributed by atoms with Crippen molar-refractivity contribution in [2.45, 2.75) is 19.3 Å². The van der Waals surface area contributed by atoms with Crippen molar-refractivity contribution < 1.29 is 5.11 Å². The van der Waals surface area contributed by atoms with E-state index in [9.17, 15) is 5.11 Å². The minimum Gasteiger partial charge on any atom is -0.507 e. The van der Waals surface area contributed by atoms with Crippen LogP contribution < -0.4 is 4.90 Å². The highest BCUT2D eigenvalue weighted by molar-refractivity contribution is 9.10. The molecule has 0 atom stereocenters. The van der Waals surface area contributed by atoms with E-state index in [1.807, 2.05) is 24.3 Å². The second-order valence-electron chi connectivity index (χ2n) is 5.53. The molecule has 0 radical (unpaired) electrons. The maximum absolute atomic E-state index is 9.86. The summed E-state index contributed by atoms with van der Waals surface area (Å²) in [5, 5.41) is 9.86. The van der Waals surface area contributed by atoms with Crippen LogP contribution in [0.1, 0.15) is 24.8 Å². The summed E-state index contributed by atoms with van der Waals surface area (Å²) in [4.78, 5) is 6.86. The molecule has 3 rings (SSSR count). The molecule has 114 valence electrons. The molecule has 0 aliphatic carbocycles. The zero-order valence-electron chi connectivity index (χ0n) is 12.4. The fourth-order valence-electron chi connectivity index (χ4n) is 2.67. The summed E-state index contributed by atoms with van der Waals surface area (Å²) >= 11 is 3.33. The minimum absolute atomic E-state index is 0.225. The molecule has 0 unspecified atom stereocenters. The molecule has 1 aliphatic rings. The van der Waals surface area contributed by atoms with Crippen molar-refractivity contribution in [2.75, 3.05) is 18.0 Å².